The monoisotopic (exact) mass is 500 g/mol. The van der Waals surface area contributed by atoms with E-state index in [0.29, 0.717) is 22.1 Å². The van der Waals surface area contributed by atoms with Crippen molar-refractivity contribution in [3.05, 3.63) is 81.5 Å². The molecule has 0 fully saturated rings. The predicted octanol–water partition coefficient (Wildman–Crippen LogP) is 4.98. The smallest absolute Gasteiger partial charge is 0.340 e. The number of benzene rings is 2. The quantitative estimate of drug-likeness (QED) is 0.282. The first kappa shape index (κ1) is 24.4. The number of aromatic amines is 1. The third kappa shape index (κ3) is 4.50. The Hall–Kier alpha value is -4.33. The number of H-pyrrole nitrogens is 1. The number of rotatable bonds is 6. The summed E-state index contributed by atoms with van der Waals surface area (Å²) in [7, 11) is 0. The van der Waals surface area contributed by atoms with Crippen LogP contribution in [0, 0.1) is 6.92 Å². The highest BCUT2D eigenvalue weighted by Crippen LogP contribution is 2.35. The van der Waals surface area contributed by atoms with E-state index in [0.717, 1.165) is 27.4 Å². The Labute approximate surface area is 212 Å². The SMILES string of the molecule is Cc1c(CC(=O)N[C@@H](Cc2c[nH]c3ccccc23)C(=O)O)c(=O)oc2cc3occ(C(C)(C)C)c3cc12. The van der Waals surface area contributed by atoms with Gasteiger partial charge in [0.1, 0.15) is 17.2 Å². The summed E-state index contributed by atoms with van der Waals surface area (Å²) in [5, 5.41) is 14.9. The minimum Gasteiger partial charge on any atom is -0.480 e. The molecule has 0 spiro atoms. The number of amides is 1. The minimum absolute atomic E-state index is 0.102. The van der Waals surface area contributed by atoms with Crippen molar-refractivity contribution < 1.29 is 23.5 Å². The number of carboxylic acid groups (broad SMARTS) is 1. The van der Waals surface area contributed by atoms with Gasteiger partial charge in [-0.05, 0) is 35.6 Å². The van der Waals surface area contributed by atoms with Gasteiger partial charge in [0.25, 0.3) is 0 Å². The standard InChI is InChI=1S/C29H28N2O6/c1-15-18-10-20-21(29(2,3)4)14-36-24(20)12-25(18)37-28(35)19(15)11-26(32)31-23(27(33)34)9-16-13-30-22-8-6-5-7-17(16)22/h5-8,10,12-14,23,30H,9,11H2,1-4H3,(H,31,32)(H,33,34)/t23-/m0/s1. The summed E-state index contributed by atoms with van der Waals surface area (Å²) in [6.45, 7) is 8.03. The van der Waals surface area contributed by atoms with Gasteiger partial charge in [0.15, 0.2) is 0 Å². The number of aryl methyl sites for hydroxylation is 1. The maximum absolute atomic E-state index is 12.9. The average Bonchev–Trinajstić information content (AvgIpc) is 3.44. The second-order valence-corrected chi connectivity index (χ2v) is 10.4. The molecule has 190 valence electrons. The number of carbonyl (C=O) groups excluding carboxylic acids is 1. The van der Waals surface area contributed by atoms with E-state index in [9.17, 15) is 19.5 Å². The summed E-state index contributed by atoms with van der Waals surface area (Å²) in [6, 6.07) is 10.0. The molecule has 2 aromatic carbocycles. The van der Waals surface area contributed by atoms with Crippen molar-refractivity contribution in [3.63, 3.8) is 0 Å². The minimum atomic E-state index is -1.15. The van der Waals surface area contributed by atoms with Crippen molar-refractivity contribution in [2.45, 2.75) is 52.0 Å². The fourth-order valence-electron chi connectivity index (χ4n) is 4.82. The molecule has 8 heteroatoms. The number of para-hydroxylation sites is 1. The molecule has 0 saturated carbocycles. The molecule has 3 aromatic heterocycles. The fourth-order valence-corrected chi connectivity index (χ4v) is 4.82. The summed E-state index contributed by atoms with van der Waals surface area (Å²) in [6.07, 6.45) is 3.27. The summed E-state index contributed by atoms with van der Waals surface area (Å²) >= 11 is 0. The van der Waals surface area contributed by atoms with Crippen LogP contribution in [0.5, 0.6) is 0 Å². The third-order valence-electron chi connectivity index (χ3n) is 6.86. The van der Waals surface area contributed by atoms with Crippen LogP contribution in [0.3, 0.4) is 0 Å². The van der Waals surface area contributed by atoms with E-state index >= 15 is 0 Å². The number of carboxylic acids is 1. The fraction of sp³-hybridized carbons (Fsp3) is 0.276. The van der Waals surface area contributed by atoms with Crippen molar-refractivity contribution in [3.8, 4) is 0 Å². The Bertz CT molecular complexity index is 1730. The highest BCUT2D eigenvalue weighted by molar-refractivity contribution is 5.97. The van der Waals surface area contributed by atoms with Gasteiger partial charge in [-0.2, -0.15) is 0 Å². The normalized spacial score (nSPS) is 12.9. The molecule has 0 aliphatic carbocycles. The Kier molecular flexibility index (Phi) is 5.90. The van der Waals surface area contributed by atoms with Gasteiger partial charge >= 0.3 is 11.6 Å². The largest absolute Gasteiger partial charge is 0.480 e. The van der Waals surface area contributed by atoms with Crippen molar-refractivity contribution in [2.75, 3.05) is 0 Å². The van der Waals surface area contributed by atoms with Crippen LogP contribution in [0.25, 0.3) is 32.8 Å². The van der Waals surface area contributed by atoms with E-state index in [1.54, 1.807) is 25.5 Å². The molecule has 3 N–H and O–H groups in total. The van der Waals surface area contributed by atoms with Crippen LogP contribution in [-0.2, 0) is 27.8 Å². The number of hydrogen-bond acceptors (Lipinski definition) is 5. The molecule has 5 rings (SSSR count). The number of aromatic nitrogens is 1. The molecule has 0 bridgehead atoms. The molecule has 0 unspecified atom stereocenters. The van der Waals surface area contributed by atoms with Crippen molar-refractivity contribution >= 4 is 44.7 Å². The Morgan fingerprint density at radius 3 is 2.57 bits per heavy atom. The van der Waals surface area contributed by atoms with Crippen molar-refractivity contribution in [1.82, 2.24) is 10.3 Å². The first-order chi connectivity index (χ1) is 17.5. The molecule has 0 aliphatic heterocycles. The zero-order chi connectivity index (χ0) is 26.5. The number of fused-ring (bicyclic) bond motifs is 3. The molecule has 3 heterocycles. The number of furan rings is 1. The summed E-state index contributed by atoms with van der Waals surface area (Å²) in [5.74, 6) is -1.72. The van der Waals surface area contributed by atoms with Gasteiger partial charge in [-0.25, -0.2) is 9.59 Å². The third-order valence-corrected chi connectivity index (χ3v) is 6.86. The second-order valence-electron chi connectivity index (χ2n) is 10.4. The topological polar surface area (TPSA) is 126 Å². The molecular weight excluding hydrogens is 472 g/mol. The van der Waals surface area contributed by atoms with Crippen molar-refractivity contribution in [2.24, 2.45) is 0 Å². The molecule has 1 atom stereocenters. The Balaban J connectivity index is 1.44. The number of aliphatic carboxylic acids is 1. The lowest BCUT2D eigenvalue weighted by atomic mass is 9.86. The average molecular weight is 501 g/mol. The van der Waals surface area contributed by atoms with Gasteiger partial charge in [0.05, 0.1) is 18.2 Å². The molecule has 37 heavy (non-hydrogen) atoms. The predicted molar refractivity (Wildman–Crippen MR) is 141 cm³/mol. The van der Waals surface area contributed by atoms with Gasteiger partial charge in [-0.15, -0.1) is 0 Å². The zero-order valence-corrected chi connectivity index (χ0v) is 21.1. The number of carbonyl (C=O) groups is 2. The van der Waals surface area contributed by atoms with Crippen LogP contribution in [0.2, 0.25) is 0 Å². The van der Waals surface area contributed by atoms with E-state index in [1.165, 1.54) is 0 Å². The zero-order valence-electron chi connectivity index (χ0n) is 21.1. The Morgan fingerprint density at radius 1 is 1.08 bits per heavy atom. The van der Waals surface area contributed by atoms with E-state index in [2.05, 4.69) is 31.1 Å². The second kappa shape index (κ2) is 8.96. The highest BCUT2D eigenvalue weighted by atomic mass is 16.4. The van der Waals surface area contributed by atoms with E-state index in [1.807, 2.05) is 30.3 Å². The van der Waals surface area contributed by atoms with Gasteiger partial charge in [0.2, 0.25) is 5.91 Å². The number of hydrogen-bond donors (Lipinski definition) is 3. The summed E-state index contributed by atoms with van der Waals surface area (Å²) in [4.78, 5) is 40.8. The van der Waals surface area contributed by atoms with Crippen LogP contribution in [0.1, 0.15) is 43.0 Å². The molecule has 0 saturated heterocycles. The van der Waals surface area contributed by atoms with Gasteiger partial charge in [0, 0.05) is 45.9 Å². The van der Waals surface area contributed by atoms with Crippen molar-refractivity contribution in [1.29, 1.82) is 0 Å². The molecule has 1 amide bonds. The van der Waals surface area contributed by atoms with Crippen LogP contribution >= 0.6 is 0 Å². The van der Waals surface area contributed by atoms with Crippen LogP contribution in [0.4, 0.5) is 0 Å². The van der Waals surface area contributed by atoms with E-state index in [4.69, 9.17) is 8.83 Å². The first-order valence-corrected chi connectivity index (χ1v) is 12.1. The molecule has 5 aromatic rings. The van der Waals surface area contributed by atoms with E-state index < -0.39 is 23.5 Å². The maximum atomic E-state index is 12.9. The summed E-state index contributed by atoms with van der Waals surface area (Å²) < 4.78 is 11.3. The van der Waals surface area contributed by atoms with Gasteiger partial charge < -0.3 is 24.2 Å². The number of nitrogens with one attached hydrogen (secondary N) is 2. The van der Waals surface area contributed by atoms with Gasteiger partial charge in [-0.1, -0.05) is 39.0 Å². The molecule has 0 radical (unpaired) electrons. The molecule has 0 aliphatic rings. The maximum Gasteiger partial charge on any atom is 0.340 e. The summed E-state index contributed by atoms with van der Waals surface area (Å²) in [5.41, 5.74) is 3.71. The molecular formula is C29H28N2O6. The highest BCUT2D eigenvalue weighted by Gasteiger charge is 2.25. The Morgan fingerprint density at radius 2 is 1.84 bits per heavy atom. The van der Waals surface area contributed by atoms with Crippen LogP contribution in [0.15, 0.2) is 62.5 Å². The van der Waals surface area contributed by atoms with Crippen LogP contribution < -0.4 is 10.9 Å². The lowest BCUT2D eigenvalue weighted by Crippen LogP contribution is -2.43. The van der Waals surface area contributed by atoms with Crippen LogP contribution in [-0.4, -0.2) is 28.0 Å². The lowest BCUT2D eigenvalue weighted by Gasteiger charge is -2.17. The van der Waals surface area contributed by atoms with E-state index in [-0.39, 0.29) is 23.8 Å². The lowest BCUT2D eigenvalue weighted by molar-refractivity contribution is -0.141. The molecule has 8 nitrogen and oxygen atoms in total. The van der Waals surface area contributed by atoms with Gasteiger partial charge in [-0.3, -0.25) is 4.79 Å². The first-order valence-electron chi connectivity index (χ1n) is 12.1.